The van der Waals surface area contributed by atoms with E-state index in [2.05, 4.69) is 15.6 Å². The predicted molar refractivity (Wildman–Crippen MR) is 131 cm³/mol. The second kappa shape index (κ2) is 10.9. The van der Waals surface area contributed by atoms with Crippen LogP contribution in [0.2, 0.25) is 0 Å². The van der Waals surface area contributed by atoms with Crippen molar-refractivity contribution in [2.24, 2.45) is 10.9 Å². The predicted octanol–water partition coefficient (Wildman–Crippen LogP) is 2.39. The zero-order chi connectivity index (χ0) is 20.1. The molecule has 1 fully saturated rings. The van der Waals surface area contributed by atoms with Gasteiger partial charge >= 0.3 is 0 Å². The van der Waals surface area contributed by atoms with Crippen molar-refractivity contribution in [1.29, 1.82) is 0 Å². The van der Waals surface area contributed by atoms with Crippen LogP contribution in [0.4, 0.5) is 0 Å². The fourth-order valence-electron chi connectivity index (χ4n) is 3.28. The Morgan fingerprint density at radius 2 is 2.14 bits per heavy atom. The van der Waals surface area contributed by atoms with Gasteiger partial charge in [-0.1, -0.05) is 18.2 Å². The number of hydrogen-bond acceptors (Lipinski definition) is 5. The molecule has 1 aromatic carbocycles. The lowest BCUT2D eigenvalue weighted by atomic mass is 10.1. The third kappa shape index (κ3) is 6.78. The van der Waals surface area contributed by atoms with Gasteiger partial charge in [-0.2, -0.15) is 0 Å². The number of hydrogen-bond donors (Lipinski definition) is 3. The van der Waals surface area contributed by atoms with Crippen LogP contribution in [0.15, 0.2) is 35.3 Å². The Morgan fingerprint density at radius 1 is 1.38 bits per heavy atom. The number of rotatable bonds is 7. The molecule has 0 aliphatic carbocycles. The van der Waals surface area contributed by atoms with Gasteiger partial charge in [-0.25, -0.2) is 12.7 Å². The number of nitrogens with one attached hydrogen (secondary N) is 2. The van der Waals surface area contributed by atoms with E-state index < -0.39 is 16.1 Å². The molecular weight excluding hydrogens is 523 g/mol. The summed E-state index contributed by atoms with van der Waals surface area (Å²) in [4.78, 5) is 5.41. The smallest absolute Gasteiger partial charge is 0.211 e. The summed E-state index contributed by atoms with van der Waals surface area (Å²) in [6, 6.07) is 10.1. The van der Waals surface area contributed by atoms with E-state index in [4.69, 9.17) is 0 Å². The number of benzene rings is 1. The van der Waals surface area contributed by atoms with Crippen molar-refractivity contribution in [3.8, 4) is 0 Å². The number of sulfonamides is 1. The number of guanidine groups is 1. The van der Waals surface area contributed by atoms with E-state index in [1.54, 1.807) is 11.3 Å². The summed E-state index contributed by atoms with van der Waals surface area (Å²) >= 11 is 1.58. The van der Waals surface area contributed by atoms with Crippen molar-refractivity contribution in [2.75, 3.05) is 39.0 Å². The van der Waals surface area contributed by atoms with E-state index in [0.717, 1.165) is 21.4 Å². The van der Waals surface area contributed by atoms with Crippen LogP contribution in [0.1, 0.15) is 24.3 Å². The molecule has 1 aliphatic heterocycles. The molecule has 1 aromatic heterocycles. The van der Waals surface area contributed by atoms with Gasteiger partial charge in [-0.3, -0.25) is 4.99 Å². The quantitative estimate of drug-likeness (QED) is 0.279. The molecule has 7 nitrogen and oxygen atoms in total. The summed E-state index contributed by atoms with van der Waals surface area (Å²) in [6.07, 6.45) is 1.44. The van der Waals surface area contributed by atoms with Gasteiger partial charge in [0.1, 0.15) is 6.10 Å². The molecule has 2 unspecified atom stereocenters. The fraction of sp³-hybridized carbons (Fsp3) is 0.526. The van der Waals surface area contributed by atoms with Crippen molar-refractivity contribution < 1.29 is 13.5 Å². The maximum atomic E-state index is 11.6. The first-order chi connectivity index (χ1) is 13.4. The van der Waals surface area contributed by atoms with Crippen molar-refractivity contribution in [2.45, 2.75) is 19.4 Å². The first-order valence-electron chi connectivity index (χ1n) is 9.50. The van der Waals surface area contributed by atoms with Gasteiger partial charge in [0.25, 0.3) is 0 Å². The number of nitrogens with zero attached hydrogens (tertiary/aromatic N) is 2. The van der Waals surface area contributed by atoms with E-state index in [9.17, 15) is 13.5 Å². The summed E-state index contributed by atoms with van der Waals surface area (Å²) in [5.41, 5.74) is 0. The second-order valence-electron chi connectivity index (χ2n) is 7.08. The molecule has 0 amide bonds. The third-order valence-electron chi connectivity index (χ3n) is 4.82. The second-order valence-corrected chi connectivity index (χ2v) is 10.2. The monoisotopic (exact) mass is 552 g/mol. The number of thiophene rings is 1. The van der Waals surface area contributed by atoms with Gasteiger partial charge in [-0.15, -0.1) is 35.3 Å². The number of fused-ring (bicyclic) bond motifs is 1. The van der Waals surface area contributed by atoms with E-state index >= 15 is 0 Å². The largest absolute Gasteiger partial charge is 0.386 e. The van der Waals surface area contributed by atoms with E-state index in [0.29, 0.717) is 32.1 Å². The van der Waals surface area contributed by atoms with Crippen LogP contribution >= 0.6 is 35.3 Å². The lowest BCUT2D eigenvalue weighted by molar-refractivity contribution is 0.191. The van der Waals surface area contributed by atoms with Crippen molar-refractivity contribution in [3.63, 3.8) is 0 Å². The molecule has 0 bridgehead atoms. The lowest BCUT2D eigenvalue weighted by Gasteiger charge is -2.16. The van der Waals surface area contributed by atoms with Crippen LogP contribution < -0.4 is 10.6 Å². The number of aliphatic hydroxyl groups is 1. The standard InChI is InChI=1S/C19H28N4O3S2.HI/c1-3-20-19(21-11-14-8-9-23(13-14)28(2,25)26)22-12-16(24)18-10-15-6-4-5-7-17(15)27-18;/h4-7,10,14,16,24H,3,8-9,11-13H2,1-2H3,(H2,20,21,22);1H. The fourth-order valence-corrected chi connectivity index (χ4v) is 5.24. The van der Waals surface area contributed by atoms with Crippen LogP contribution in [0.25, 0.3) is 10.1 Å². The molecule has 3 N–H and O–H groups in total. The number of aliphatic imine (C=N–C) groups is 1. The van der Waals surface area contributed by atoms with E-state index in [1.807, 2.05) is 37.3 Å². The summed E-state index contributed by atoms with van der Waals surface area (Å²) in [5, 5.41) is 18.1. The topological polar surface area (TPSA) is 94.0 Å². The Morgan fingerprint density at radius 3 is 2.79 bits per heavy atom. The Kier molecular flexibility index (Phi) is 9.14. The maximum absolute atomic E-state index is 11.6. The zero-order valence-corrected chi connectivity index (χ0v) is 20.6. The SMILES string of the molecule is CCNC(=NCC(O)c1cc2ccccc2s1)NCC1CCN(S(C)(=O)=O)C1.I. The van der Waals surface area contributed by atoms with Crippen LogP contribution in [0, 0.1) is 5.92 Å². The molecule has 1 aliphatic rings. The summed E-state index contributed by atoms with van der Waals surface area (Å²) < 4.78 is 26.0. The highest BCUT2D eigenvalue weighted by Gasteiger charge is 2.28. The Labute approximate surface area is 193 Å². The minimum atomic E-state index is -3.12. The maximum Gasteiger partial charge on any atom is 0.211 e. The zero-order valence-electron chi connectivity index (χ0n) is 16.7. The normalized spacial score (nSPS) is 19.1. The van der Waals surface area contributed by atoms with Crippen LogP contribution in [-0.4, -0.2) is 62.8 Å². The molecule has 0 saturated carbocycles. The first-order valence-corrected chi connectivity index (χ1v) is 12.2. The third-order valence-corrected chi connectivity index (χ3v) is 7.30. The van der Waals surface area contributed by atoms with Crippen molar-refractivity contribution in [3.05, 3.63) is 35.2 Å². The molecular formula is C19H29IN4O3S2. The minimum Gasteiger partial charge on any atom is -0.386 e. The Hall–Kier alpha value is -0.950. The molecule has 0 radical (unpaired) electrons. The Balaban J connectivity index is 0.00000300. The molecule has 2 aromatic rings. The highest BCUT2D eigenvalue weighted by Crippen LogP contribution is 2.29. The lowest BCUT2D eigenvalue weighted by Crippen LogP contribution is -2.40. The molecule has 0 spiro atoms. The summed E-state index contributed by atoms with van der Waals surface area (Å²) in [7, 11) is -3.12. The van der Waals surface area contributed by atoms with Gasteiger partial charge < -0.3 is 15.7 Å². The van der Waals surface area contributed by atoms with Crippen LogP contribution in [0.5, 0.6) is 0 Å². The molecule has 1 saturated heterocycles. The van der Waals surface area contributed by atoms with Crippen LogP contribution in [0.3, 0.4) is 0 Å². The number of aliphatic hydroxyl groups excluding tert-OH is 1. The van der Waals surface area contributed by atoms with E-state index in [-0.39, 0.29) is 36.4 Å². The average molecular weight is 553 g/mol. The molecule has 2 atom stereocenters. The molecule has 29 heavy (non-hydrogen) atoms. The highest BCUT2D eigenvalue weighted by atomic mass is 127. The summed E-state index contributed by atoms with van der Waals surface area (Å²) in [5.74, 6) is 0.895. The van der Waals surface area contributed by atoms with Gasteiger partial charge in [0.05, 0.1) is 12.8 Å². The number of halogens is 1. The molecule has 10 heteroatoms. The highest BCUT2D eigenvalue weighted by molar-refractivity contribution is 14.0. The van der Waals surface area contributed by atoms with Gasteiger partial charge in [0, 0.05) is 35.8 Å². The first kappa shape index (κ1) is 24.3. The minimum absolute atomic E-state index is 0. The van der Waals surface area contributed by atoms with Gasteiger partial charge in [0.15, 0.2) is 5.96 Å². The summed E-state index contributed by atoms with van der Waals surface area (Å²) in [6.45, 7) is 4.73. The van der Waals surface area contributed by atoms with Crippen molar-refractivity contribution in [1.82, 2.24) is 14.9 Å². The average Bonchev–Trinajstić information content (AvgIpc) is 3.30. The molecule has 2 heterocycles. The van der Waals surface area contributed by atoms with Gasteiger partial charge in [0.2, 0.25) is 10.0 Å². The molecule has 3 rings (SSSR count). The van der Waals surface area contributed by atoms with Crippen LogP contribution in [-0.2, 0) is 10.0 Å². The van der Waals surface area contributed by atoms with Gasteiger partial charge in [-0.05, 0) is 36.8 Å². The molecule has 162 valence electrons. The van der Waals surface area contributed by atoms with Crippen molar-refractivity contribution >= 4 is 61.4 Å². The van der Waals surface area contributed by atoms with E-state index in [1.165, 1.54) is 10.6 Å². The Bertz CT molecular complexity index is 899.